The van der Waals surface area contributed by atoms with E-state index in [1.807, 2.05) is 0 Å². The van der Waals surface area contributed by atoms with E-state index in [9.17, 15) is 9.59 Å². The molecule has 1 unspecified atom stereocenters. The largest absolute Gasteiger partial charge is 0.481 e. The van der Waals surface area contributed by atoms with Crippen molar-refractivity contribution in [2.75, 3.05) is 12.3 Å². The SMILES string of the molecule is NC(CCS)C(=O)NCCCCCCCCCCCCCCCCCC(=O)O. The van der Waals surface area contributed by atoms with Gasteiger partial charge in [-0.05, 0) is 25.0 Å². The van der Waals surface area contributed by atoms with Gasteiger partial charge in [0.25, 0.3) is 0 Å². The van der Waals surface area contributed by atoms with Crippen LogP contribution in [-0.4, -0.2) is 35.3 Å². The van der Waals surface area contributed by atoms with Gasteiger partial charge in [0.05, 0.1) is 6.04 Å². The first-order valence-corrected chi connectivity index (χ1v) is 12.1. The highest BCUT2D eigenvalue weighted by Gasteiger charge is 2.10. The third-order valence-corrected chi connectivity index (χ3v) is 5.40. The van der Waals surface area contributed by atoms with Crippen LogP contribution >= 0.6 is 12.6 Å². The molecule has 0 saturated heterocycles. The first-order chi connectivity index (χ1) is 13.6. The number of rotatable bonds is 21. The van der Waals surface area contributed by atoms with E-state index in [-0.39, 0.29) is 5.91 Å². The maximum absolute atomic E-state index is 11.6. The Balaban J connectivity index is 3.14. The van der Waals surface area contributed by atoms with Crippen molar-refractivity contribution in [1.29, 1.82) is 0 Å². The summed E-state index contributed by atoms with van der Waals surface area (Å²) in [5.74, 6) is -0.0773. The fourth-order valence-corrected chi connectivity index (χ4v) is 3.59. The molecule has 0 radical (unpaired) electrons. The molecule has 0 bridgehead atoms. The Kier molecular flexibility index (Phi) is 20.4. The van der Waals surface area contributed by atoms with Crippen molar-refractivity contribution in [3.63, 3.8) is 0 Å². The lowest BCUT2D eigenvalue weighted by Gasteiger charge is -2.10. The number of thiol groups is 1. The van der Waals surface area contributed by atoms with E-state index in [0.29, 0.717) is 18.6 Å². The van der Waals surface area contributed by atoms with E-state index in [1.54, 1.807) is 0 Å². The zero-order valence-electron chi connectivity index (χ0n) is 17.8. The molecule has 0 aromatic heterocycles. The van der Waals surface area contributed by atoms with Crippen LogP contribution < -0.4 is 11.1 Å². The summed E-state index contributed by atoms with van der Waals surface area (Å²) in [5.41, 5.74) is 5.73. The Labute approximate surface area is 178 Å². The second-order valence-electron chi connectivity index (χ2n) is 7.86. The predicted molar refractivity (Wildman–Crippen MR) is 121 cm³/mol. The van der Waals surface area contributed by atoms with Crippen LogP contribution in [0.15, 0.2) is 0 Å². The van der Waals surface area contributed by atoms with E-state index in [4.69, 9.17) is 10.8 Å². The molecule has 0 heterocycles. The molecular formula is C22H44N2O3S. The lowest BCUT2D eigenvalue weighted by Crippen LogP contribution is -2.41. The molecule has 0 aromatic carbocycles. The lowest BCUT2D eigenvalue weighted by molar-refractivity contribution is -0.137. The van der Waals surface area contributed by atoms with E-state index in [1.165, 1.54) is 77.0 Å². The molecule has 1 atom stereocenters. The highest BCUT2D eigenvalue weighted by atomic mass is 32.1. The van der Waals surface area contributed by atoms with Crippen molar-refractivity contribution in [2.45, 2.75) is 115 Å². The molecule has 0 fully saturated rings. The molecule has 1 amide bonds. The first-order valence-electron chi connectivity index (χ1n) is 11.4. The minimum Gasteiger partial charge on any atom is -0.481 e. The molecule has 0 saturated carbocycles. The number of nitrogens with one attached hydrogen (secondary N) is 1. The number of carboxylic acid groups (broad SMARTS) is 1. The first kappa shape index (κ1) is 27.2. The van der Waals surface area contributed by atoms with Gasteiger partial charge in [-0.3, -0.25) is 9.59 Å². The molecule has 0 rings (SSSR count). The molecule has 6 heteroatoms. The zero-order valence-corrected chi connectivity index (χ0v) is 18.7. The fourth-order valence-electron chi connectivity index (χ4n) is 3.31. The van der Waals surface area contributed by atoms with Crippen molar-refractivity contribution >= 4 is 24.5 Å². The smallest absolute Gasteiger partial charge is 0.303 e. The van der Waals surface area contributed by atoms with Gasteiger partial charge in [-0.1, -0.05) is 83.5 Å². The van der Waals surface area contributed by atoms with Crippen molar-refractivity contribution in [1.82, 2.24) is 5.32 Å². The minimum absolute atomic E-state index is 0.0489. The fraction of sp³-hybridized carbons (Fsp3) is 0.909. The lowest BCUT2D eigenvalue weighted by atomic mass is 10.0. The summed E-state index contributed by atoms with van der Waals surface area (Å²) in [6.07, 6.45) is 19.3. The van der Waals surface area contributed by atoms with Crippen LogP contribution in [0.4, 0.5) is 0 Å². The van der Waals surface area contributed by atoms with Gasteiger partial charge < -0.3 is 16.2 Å². The number of carbonyl (C=O) groups excluding carboxylic acids is 1. The van der Waals surface area contributed by atoms with Crippen LogP contribution in [-0.2, 0) is 9.59 Å². The number of nitrogens with two attached hydrogens (primary N) is 1. The summed E-state index contributed by atoms with van der Waals surface area (Å²) in [6, 6.07) is -0.415. The minimum atomic E-state index is -0.672. The summed E-state index contributed by atoms with van der Waals surface area (Å²) in [6.45, 7) is 0.735. The van der Waals surface area contributed by atoms with Gasteiger partial charge in [0.15, 0.2) is 0 Å². The number of hydrogen-bond donors (Lipinski definition) is 4. The summed E-state index contributed by atoms with van der Waals surface area (Å²) >= 11 is 4.09. The maximum Gasteiger partial charge on any atom is 0.303 e. The van der Waals surface area contributed by atoms with E-state index in [0.717, 1.165) is 25.8 Å². The average Bonchev–Trinajstić information content (AvgIpc) is 2.66. The van der Waals surface area contributed by atoms with Crippen molar-refractivity contribution in [2.24, 2.45) is 5.73 Å². The van der Waals surface area contributed by atoms with Gasteiger partial charge in [-0.25, -0.2) is 0 Å². The Hall–Kier alpha value is -0.750. The van der Waals surface area contributed by atoms with Gasteiger partial charge in [0, 0.05) is 13.0 Å². The monoisotopic (exact) mass is 416 g/mol. The molecule has 166 valence electrons. The Morgan fingerprint density at radius 1 is 0.750 bits per heavy atom. The van der Waals surface area contributed by atoms with Crippen LogP contribution in [0, 0.1) is 0 Å². The standard InChI is InChI=1S/C22H44N2O3S/c23-20(17-19-28)22(27)24-18-15-13-11-9-7-5-3-1-2-4-6-8-10-12-14-16-21(25)26/h20,28H,1-19,23H2,(H,24,27)(H,25,26). The highest BCUT2D eigenvalue weighted by molar-refractivity contribution is 7.80. The number of carbonyl (C=O) groups is 2. The Morgan fingerprint density at radius 2 is 1.14 bits per heavy atom. The predicted octanol–water partition coefficient (Wildman–Crippen LogP) is 5.08. The summed E-state index contributed by atoms with van der Waals surface area (Å²) in [5, 5.41) is 11.5. The average molecular weight is 417 g/mol. The quantitative estimate of drug-likeness (QED) is 0.155. The Morgan fingerprint density at radius 3 is 1.54 bits per heavy atom. The van der Waals surface area contributed by atoms with Crippen LogP contribution in [0.3, 0.4) is 0 Å². The second-order valence-corrected chi connectivity index (χ2v) is 8.30. The van der Waals surface area contributed by atoms with Crippen molar-refractivity contribution < 1.29 is 14.7 Å². The molecule has 0 aromatic rings. The number of amides is 1. The molecule has 28 heavy (non-hydrogen) atoms. The number of hydrogen-bond acceptors (Lipinski definition) is 4. The molecule has 0 aliphatic heterocycles. The van der Waals surface area contributed by atoms with Crippen molar-refractivity contribution in [3.8, 4) is 0 Å². The van der Waals surface area contributed by atoms with E-state index >= 15 is 0 Å². The topological polar surface area (TPSA) is 92.4 Å². The molecule has 0 aliphatic carbocycles. The third-order valence-electron chi connectivity index (χ3n) is 5.14. The maximum atomic E-state index is 11.6. The van der Waals surface area contributed by atoms with Crippen LogP contribution in [0.1, 0.15) is 109 Å². The zero-order chi connectivity index (χ0) is 20.9. The van der Waals surface area contributed by atoms with Gasteiger partial charge in [0.1, 0.15) is 0 Å². The second kappa shape index (κ2) is 21.0. The number of aliphatic carboxylic acids is 1. The van der Waals surface area contributed by atoms with Gasteiger partial charge in [0.2, 0.25) is 5.91 Å². The van der Waals surface area contributed by atoms with Gasteiger partial charge in [-0.15, -0.1) is 0 Å². The molecular weight excluding hydrogens is 372 g/mol. The van der Waals surface area contributed by atoms with Crippen LogP contribution in [0.2, 0.25) is 0 Å². The van der Waals surface area contributed by atoms with Gasteiger partial charge in [-0.2, -0.15) is 12.6 Å². The van der Waals surface area contributed by atoms with Crippen LogP contribution in [0.5, 0.6) is 0 Å². The van der Waals surface area contributed by atoms with Crippen molar-refractivity contribution in [3.05, 3.63) is 0 Å². The van der Waals surface area contributed by atoms with Gasteiger partial charge >= 0.3 is 5.97 Å². The third kappa shape index (κ3) is 20.0. The normalized spacial score (nSPS) is 12.1. The summed E-state index contributed by atoms with van der Waals surface area (Å²) in [4.78, 5) is 22.0. The Bertz CT molecular complexity index is 381. The number of unbranched alkanes of at least 4 members (excludes halogenated alkanes) is 14. The molecule has 4 N–H and O–H groups in total. The summed E-state index contributed by atoms with van der Waals surface area (Å²) < 4.78 is 0. The summed E-state index contributed by atoms with van der Waals surface area (Å²) in [7, 11) is 0. The van der Waals surface area contributed by atoms with E-state index in [2.05, 4.69) is 17.9 Å². The molecule has 0 spiro atoms. The highest BCUT2D eigenvalue weighted by Crippen LogP contribution is 2.13. The van der Waals surface area contributed by atoms with Crippen LogP contribution in [0.25, 0.3) is 0 Å². The number of carboxylic acids is 1. The molecule has 5 nitrogen and oxygen atoms in total. The molecule has 0 aliphatic rings. The van der Waals surface area contributed by atoms with E-state index < -0.39 is 12.0 Å².